The Morgan fingerprint density at radius 2 is 1.82 bits per heavy atom. The Morgan fingerprint density at radius 1 is 1.09 bits per heavy atom. The minimum absolute atomic E-state index is 0. The zero-order valence-corrected chi connectivity index (χ0v) is 22.1. The SMILES string of the molecule is CCNC(=NCc1nncn1-c1ccccc1)NC1CCN(c2cc(OC)cc(OC)c2)C1.I. The molecular formula is C24H32IN7O2. The summed E-state index contributed by atoms with van der Waals surface area (Å²) in [6.07, 6.45) is 2.72. The molecule has 1 unspecified atom stereocenters. The van der Waals surface area contributed by atoms with Gasteiger partial charge in [-0.2, -0.15) is 0 Å². The lowest BCUT2D eigenvalue weighted by molar-refractivity contribution is 0.394. The lowest BCUT2D eigenvalue weighted by atomic mass is 10.2. The molecular weight excluding hydrogens is 545 g/mol. The van der Waals surface area contributed by atoms with E-state index < -0.39 is 0 Å². The Kier molecular flexibility index (Phi) is 9.37. The summed E-state index contributed by atoms with van der Waals surface area (Å²) in [4.78, 5) is 7.10. The number of benzene rings is 2. The minimum Gasteiger partial charge on any atom is -0.497 e. The van der Waals surface area contributed by atoms with Crippen LogP contribution in [0.3, 0.4) is 0 Å². The van der Waals surface area contributed by atoms with Crippen LogP contribution in [0, 0.1) is 0 Å². The molecule has 1 aromatic heterocycles. The van der Waals surface area contributed by atoms with Gasteiger partial charge < -0.3 is 25.0 Å². The fraction of sp³-hybridized carbons (Fsp3) is 0.375. The summed E-state index contributed by atoms with van der Waals surface area (Å²) in [5.41, 5.74) is 2.11. The van der Waals surface area contributed by atoms with Gasteiger partial charge in [-0.15, -0.1) is 34.2 Å². The van der Waals surface area contributed by atoms with Crippen LogP contribution in [0.5, 0.6) is 11.5 Å². The highest BCUT2D eigenvalue weighted by Crippen LogP contribution is 2.30. The zero-order chi connectivity index (χ0) is 23.0. The standard InChI is InChI=1S/C24H31N7O2.HI/c1-4-25-24(26-15-23-29-27-17-31(23)19-8-6-5-7-9-19)28-18-10-11-30(16-18)20-12-21(32-2)14-22(13-20)33-3;/h5-9,12-14,17-18H,4,10-11,15-16H2,1-3H3,(H2,25,26,28);1H. The van der Waals surface area contributed by atoms with Crippen LogP contribution in [0.1, 0.15) is 19.2 Å². The Balaban J connectivity index is 0.00000324. The van der Waals surface area contributed by atoms with Crippen LogP contribution in [0.2, 0.25) is 0 Å². The number of nitrogens with zero attached hydrogens (tertiary/aromatic N) is 5. The van der Waals surface area contributed by atoms with Gasteiger partial charge in [-0.05, 0) is 25.5 Å². The van der Waals surface area contributed by atoms with Gasteiger partial charge in [-0.25, -0.2) is 4.99 Å². The number of ether oxygens (including phenoxy) is 2. The molecule has 2 heterocycles. The number of aromatic nitrogens is 3. The molecule has 10 heteroatoms. The van der Waals surface area contributed by atoms with Crippen LogP contribution in [-0.4, -0.2) is 60.6 Å². The molecule has 0 bridgehead atoms. The monoisotopic (exact) mass is 577 g/mol. The number of hydrogen-bond acceptors (Lipinski definition) is 6. The molecule has 182 valence electrons. The Bertz CT molecular complexity index is 1050. The quantitative estimate of drug-likeness (QED) is 0.242. The third-order valence-electron chi connectivity index (χ3n) is 5.61. The second-order valence-electron chi connectivity index (χ2n) is 7.79. The molecule has 0 spiro atoms. The molecule has 2 aromatic carbocycles. The van der Waals surface area contributed by atoms with Gasteiger partial charge in [0.1, 0.15) is 24.4 Å². The predicted molar refractivity (Wildman–Crippen MR) is 145 cm³/mol. The molecule has 2 N–H and O–H groups in total. The first-order valence-electron chi connectivity index (χ1n) is 11.2. The highest BCUT2D eigenvalue weighted by atomic mass is 127. The van der Waals surface area contributed by atoms with Gasteiger partial charge in [0.25, 0.3) is 0 Å². The van der Waals surface area contributed by atoms with E-state index in [1.54, 1.807) is 20.5 Å². The van der Waals surface area contributed by atoms with E-state index in [-0.39, 0.29) is 30.0 Å². The smallest absolute Gasteiger partial charge is 0.191 e. The summed E-state index contributed by atoms with van der Waals surface area (Å²) < 4.78 is 12.8. The van der Waals surface area contributed by atoms with Crippen molar-refractivity contribution in [3.63, 3.8) is 0 Å². The van der Waals surface area contributed by atoms with Gasteiger partial charge in [-0.1, -0.05) is 18.2 Å². The number of aliphatic imine (C=N–C) groups is 1. The maximum atomic E-state index is 5.42. The Labute approximate surface area is 217 Å². The highest BCUT2D eigenvalue weighted by molar-refractivity contribution is 14.0. The molecule has 1 atom stereocenters. The molecule has 1 fully saturated rings. The van der Waals surface area contributed by atoms with Crippen molar-refractivity contribution < 1.29 is 9.47 Å². The second-order valence-corrected chi connectivity index (χ2v) is 7.79. The Morgan fingerprint density at radius 3 is 2.50 bits per heavy atom. The highest BCUT2D eigenvalue weighted by Gasteiger charge is 2.24. The number of para-hydroxylation sites is 1. The van der Waals surface area contributed by atoms with Crippen LogP contribution in [0.25, 0.3) is 5.69 Å². The summed E-state index contributed by atoms with van der Waals surface area (Å²) in [5, 5.41) is 15.3. The third kappa shape index (κ3) is 6.31. The van der Waals surface area contributed by atoms with Gasteiger partial charge in [0.05, 0.1) is 14.2 Å². The number of rotatable bonds is 8. The van der Waals surface area contributed by atoms with Crippen LogP contribution in [0.15, 0.2) is 59.9 Å². The molecule has 0 saturated carbocycles. The molecule has 4 rings (SSSR count). The van der Waals surface area contributed by atoms with Crippen LogP contribution >= 0.6 is 24.0 Å². The molecule has 34 heavy (non-hydrogen) atoms. The van der Waals surface area contributed by atoms with Gasteiger partial charge in [-0.3, -0.25) is 4.57 Å². The van der Waals surface area contributed by atoms with Gasteiger partial charge in [0.15, 0.2) is 11.8 Å². The molecule has 0 aliphatic carbocycles. The van der Waals surface area contributed by atoms with Gasteiger partial charge in [0.2, 0.25) is 0 Å². The van der Waals surface area contributed by atoms with Gasteiger partial charge in [0, 0.05) is 55.2 Å². The van der Waals surface area contributed by atoms with Crippen molar-refractivity contribution in [2.75, 3.05) is 38.8 Å². The van der Waals surface area contributed by atoms with Crippen molar-refractivity contribution in [1.29, 1.82) is 0 Å². The normalized spacial score (nSPS) is 15.6. The average Bonchev–Trinajstić information content (AvgIpc) is 3.52. The minimum atomic E-state index is 0. The molecule has 1 aliphatic rings. The number of nitrogens with one attached hydrogen (secondary N) is 2. The van der Waals surface area contributed by atoms with E-state index in [2.05, 4.69) is 32.7 Å². The first-order valence-corrected chi connectivity index (χ1v) is 11.2. The second kappa shape index (κ2) is 12.4. The summed E-state index contributed by atoms with van der Waals surface area (Å²) in [7, 11) is 3.34. The maximum absolute atomic E-state index is 5.42. The number of anilines is 1. The third-order valence-corrected chi connectivity index (χ3v) is 5.61. The molecule has 1 saturated heterocycles. The van der Waals surface area contributed by atoms with E-state index in [9.17, 15) is 0 Å². The van der Waals surface area contributed by atoms with Crippen LogP contribution < -0.4 is 25.0 Å². The number of guanidine groups is 1. The fourth-order valence-corrected chi connectivity index (χ4v) is 3.92. The molecule has 1 aliphatic heterocycles. The van der Waals surface area contributed by atoms with Crippen molar-refractivity contribution >= 4 is 35.6 Å². The van der Waals surface area contributed by atoms with Gasteiger partial charge >= 0.3 is 0 Å². The van der Waals surface area contributed by atoms with Crippen molar-refractivity contribution in [2.24, 2.45) is 4.99 Å². The van der Waals surface area contributed by atoms with Crippen molar-refractivity contribution in [2.45, 2.75) is 25.9 Å². The fourth-order valence-electron chi connectivity index (χ4n) is 3.92. The number of methoxy groups -OCH3 is 2. The molecule has 0 radical (unpaired) electrons. The first kappa shape index (κ1) is 25.6. The van der Waals surface area contributed by atoms with E-state index in [0.717, 1.165) is 60.7 Å². The molecule has 0 amide bonds. The summed E-state index contributed by atoms with van der Waals surface area (Å²) in [6.45, 7) is 5.07. The lowest BCUT2D eigenvalue weighted by Gasteiger charge is -2.21. The van der Waals surface area contributed by atoms with E-state index in [4.69, 9.17) is 14.5 Å². The summed E-state index contributed by atoms with van der Waals surface area (Å²) in [6, 6.07) is 16.3. The largest absolute Gasteiger partial charge is 0.497 e. The maximum Gasteiger partial charge on any atom is 0.191 e. The molecule has 9 nitrogen and oxygen atoms in total. The Hall–Kier alpha value is -3.02. The van der Waals surface area contributed by atoms with E-state index in [1.165, 1.54) is 0 Å². The first-order chi connectivity index (χ1) is 16.2. The van der Waals surface area contributed by atoms with Crippen molar-refractivity contribution in [3.8, 4) is 17.2 Å². The zero-order valence-electron chi connectivity index (χ0n) is 19.8. The van der Waals surface area contributed by atoms with Crippen molar-refractivity contribution in [1.82, 2.24) is 25.4 Å². The topological polar surface area (TPSA) is 88.8 Å². The van der Waals surface area contributed by atoms with Crippen molar-refractivity contribution in [3.05, 3.63) is 60.7 Å². The average molecular weight is 577 g/mol. The molecule has 3 aromatic rings. The summed E-state index contributed by atoms with van der Waals surface area (Å²) >= 11 is 0. The predicted octanol–water partition coefficient (Wildman–Crippen LogP) is 3.24. The van der Waals surface area contributed by atoms with Crippen LogP contribution in [-0.2, 0) is 6.54 Å². The lowest BCUT2D eigenvalue weighted by Crippen LogP contribution is -2.44. The van der Waals surface area contributed by atoms with Crippen LogP contribution in [0.4, 0.5) is 5.69 Å². The summed E-state index contributed by atoms with van der Waals surface area (Å²) in [5.74, 6) is 3.14. The van der Waals surface area contributed by atoms with E-state index in [0.29, 0.717) is 6.54 Å². The number of hydrogen-bond donors (Lipinski definition) is 2. The van der Waals surface area contributed by atoms with E-state index >= 15 is 0 Å². The van der Waals surface area contributed by atoms with E-state index in [1.807, 2.05) is 53.1 Å². The number of halogens is 1.